The molecule has 1 aromatic carbocycles. The molecule has 1 aliphatic rings. The summed E-state index contributed by atoms with van der Waals surface area (Å²) in [5.41, 5.74) is 1.91. The first-order valence-corrected chi connectivity index (χ1v) is 7.53. The minimum Gasteiger partial charge on any atom is -0.476 e. The molecule has 2 unspecified atom stereocenters. The van der Waals surface area contributed by atoms with E-state index in [0.29, 0.717) is 5.56 Å². The monoisotopic (exact) mass is 290 g/mol. The molecule has 114 valence electrons. The van der Waals surface area contributed by atoms with Crippen molar-refractivity contribution >= 4 is 12.0 Å². The fourth-order valence-corrected chi connectivity index (χ4v) is 3.19. The summed E-state index contributed by atoms with van der Waals surface area (Å²) in [6.45, 7) is 7.97. The third-order valence-electron chi connectivity index (χ3n) is 4.36. The Morgan fingerprint density at radius 3 is 2.71 bits per heavy atom. The molecule has 2 atom stereocenters. The van der Waals surface area contributed by atoms with E-state index in [0.717, 1.165) is 30.3 Å². The fraction of sp³-hybridized carbons (Fsp3) is 0.471. The van der Waals surface area contributed by atoms with Crippen LogP contribution in [0.25, 0.3) is 0 Å². The van der Waals surface area contributed by atoms with Crippen molar-refractivity contribution in [3.63, 3.8) is 0 Å². The Hall–Kier alpha value is -1.65. The van der Waals surface area contributed by atoms with Crippen molar-refractivity contribution in [3.8, 4) is 0 Å². The molecule has 1 saturated heterocycles. The second kappa shape index (κ2) is 7.38. The van der Waals surface area contributed by atoms with Gasteiger partial charge in [0, 0.05) is 12.0 Å². The second-order valence-corrected chi connectivity index (χ2v) is 5.35. The number of hydrogen-bond acceptors (Lipinski definition) is 3. The van der Waals surface area contributed by atoms with Gasteiger partial charge in [0.05, 0.1) is 19.4 Å². The van der Waals surface area contributed by atoms with Gasteiger partial charge in [-0.25, -0.2) is 0 Å². The first-order valence-electron chi connectivity index (χ1n) is 7.53. The Balaban J connectivity index is 2.25. The van der Waals surface area contributed by atoms with Crippen LogP contribution in [0.4, 0.5) is 5.69 Å². The van der Waals surface area contributed by atoms with Crippen LogP contribution in [0.15, 0.2) is 37.1 Å². The highest BCUT2D eigenvalue weighted by Gasteiger charge is 2.41. The predicted octanol–water partition coefficient (Wildman–Crippen LogP) is 3.47. The molecule has 1 aliphatic heterocycles. The Bertz CT molecular complexity index is 471. The zero-order chi connectivity index (χ0) is 15.1. The number of carbonyl (C=O) groups is 1. The van der Waals surface area contributed by atoms with E-state index in [1.165, 1.54) is 24.8 Å². The molecule has 0 saturated carbocycles. The number of quaternary nitrogens is 1. The third-order valence-corrected chi connectivity index (χ3v) is 4.36. The van der Waals surface area contributed by atoms with Gasteiger partial charge in [0.25, 0.3) is 0 Å². The van der Waals surface area contributed by atoms with E-state index >= 15 is 0 Å². The molecule has 1 fully saturated rings. The van der Waals surface area contributed by atoms with Crippen LogP contribution < -0.4 is 4.48 Å². The molecule has 4 nitrogen and oxygen atoms in total. The minimum absolute atomic E-state index is 0.0887. The quantitative estimate of drug-likeness (QED) is 0.254. The average Bonchev–Trinajstić information content (AvgIpc) is 2.56. The van der Waals surface area contributed by atoms with Gasteiger partial charge in [-0.2, -0.15) is 0 Å². The van der Waals surface area contributed by atoms with Crippen molar-refractivity contribution in [1.82, 2.24) is 4.48 Å². The molecular formula is C17H24NO3+. The van der Waals surface area contributed by atoms with Crippen LogP contribution in [0.3, 0.4) is 0 Å². The highest BCUT2D eigenvalue weighted by atomic mass is 16.7. The molecule has 0 amide bonds. The molecule has 1 aromatic rings. The molecule has 2 rings (SSSR count). The highest BCUT2D eigenvalue weighted by Crippen LogP contribution is 2.34. The predicted molar refractivity (Wildman–Crippen MR) is 83.9 cm³/mol. The number of rotatable bonds is 7. The lowest BCUT2D eigenvalue weighted by Gasteiger charge is -2.45. The van der Waals surface area contributed by atoms with Crippen LogP contribution in [0.5, 0.6) is 0 Å². The molecule has 0 bridgehead atoms. The Kier molecular flexibility index (Phi) is 5.53. The molecule has 4 heteroatoms. The maximum Gasteiger partial charge on any atom is 0.201 e. The summed E-state index contributed by atoms with van der Waals surface area (Å²) in [4.78, 5) is 10.8. The number of carbonyl (C=O) groups excluding carboxylic acids is 1. The zero-order valence-corrected chi connectivity index (χ0v) is 12.7. The number of hydrogen-bond donors (Lipinski definition) is 0. The van der Waals surface area contributed by atoms with Gasteiger partial charge < -0.3 is 4.74 Å². The van der Waals surface area contributed by atoms with Crippen LogP contribution in [0.1, 0.15) is 36.5 Å². The van der Waals surface area contributed by atoms with Crippen LogP contribution in [0, 0.1) is 0 Å². The van der Waals surface area contributed by atoms with Gasteiger partial charge in [-0.3, -0.25) is 14.0 Å². The number of piperidine rings is 1. The van der Waals surface area contributed by atoms with Gasteiger partial charge in [0.1, 0.15) is 12.0 Å². The van der Waals surface area contributed by atoms with E-state index in [2.05, 4.69) is 13.5 Å². The van der Waals surface area contributed by atoms with E-state index in [9.17, 15) is 4.79 Å². The van der Waals surface area contributed by atoms with Crippen molar-refractivity contribution in [2.45, 2.75) is 32.4 Å². The average molecular weight is 290 g/mol. The lowest BCUT2D eigenvalue weighted by atomic mass is 10.0. The standard InChI is InChI=1S/C17H24NO3/c1-3-18(16-10-8-15(13-19)9-11-16)12-6-5-7-17(18)21-14-20-4-2/h4,8-11,13,17H,2-3,5-7,12,14H2,1H3/q+1. The third kappa shape index (κ3) is 3.34. The van der Waals surface area contributed by atoms with Crippen molar-refractivity contribution < 1.29 is 14.3 Å². The molecule has 0 aromatic heterocycles. The Labute approximate surface area is 126 Å². The fourth-order valence-electron chi connectivity index (χ4n) is 3.19. The van der Waals surface area contributed by atoms with E-state index in [4.69, 9.17) is 9.47 Å². The topological polar surface area (TPSA) is 35.5 Å². The number of likely N-dealkylation sites (tertiary alicyclic amines) is 1. The van der Waals surface area contributed by atoms with E-state index in [1.54, 1.807) is 0 Å². The highest BCUT2D eigenvalue weighted by molar-refractivity contribution is 5.75. The van der Waals surface area contributed by atoms with Crippen LogP contribution >= 0.6 is 0 Å². The first-order chi connectivity index (χ1) is 10.3. The van der Waals surface area contributed by atoms with Gasteiger partial charge in [0.2, 0.25) is 6.23 Å². The van der Waals surface area contributed by atoms with Crippen LogP contribution in [-0.2, 0) is 9.47 Å². The molecule has 0 radical (unpaired) electrons. The summed E-state index contributed by atoms with van der Waals surface area (Å²) < 4.78 is 11.9. The summed E-state index contributed by atoms with van der Waals surface area (Å²) >= 11 is 0. The van der Waals surface area contributed by atoms with Gasteiger partial charge in [0.15, 0.2) is 6.79 Å². The van der Waals surface area contributed by atoms with Gasteiger partial charge in [-0.15, -0.1) is 0 Å². The SMILES string of the molecule is C=COCOC1CCCC[N+]1(CC)c1ccc(C=O)cc1. The molecule has 0 aliphatic carbocycles. The summed E-state index contributed by atoms with van der Waals surface area (Å²) in [7, 11) is 0. The normalized spacial score (nSPS) is 25.3. The first kappa shape index (κ1) is 15.7. The summed E-state index contributed by atoms with van der Waals surface area (Å²) in [5, 5.41) is 0. The lowest BCUT2D eigenvalue weighted by molar-refractivity contribution is -0.130. The Morgan fingerprint density at radius 2 is 2.10 bits per heavy atom. The molecule has 0 spiro atoms. The van der Waals surface area contributed by atoms with Gasteiger partial charge in [-0.05, 0) is 44.0 Å². The maximum atomic E-state index is 10.8. The molecule has 0 N–H and O–H groups in total. The number of aldehydes is 1. The zero-order valence-electron chi connectivity index (χ0n) is 12.7. The van der Waals surface area contributed by atoms with E-state index in [1.807, 2.05) is 24.3 Å². The number of nitrogens with zero attached hydrogens (tertiary/aromatic N) is 1. The molecule has 1 heterocycles. The molecule has 21 heavy (non-hydrogen) atoms. The second-order valence-electron chi connectivity index (χ2n) is 5.35. The lowest BCUT2D eigenvalue weighted by Crippen LogP contribution is -2.60. The van der Waals surface area contributed by atoms with Crippen LogP contribution in [-0.4, -0.2) is 32.4 Å². The van der Waals surface area contributed by atoms with Crippen molar-refractivity contribution in [3.05, 3.63) is 42.7 Å². The van der Waals surface area contributed by atoms with Crippen LogP contribution in [0.2, 0.25) is 0 Å². The summed E-state index contributed by atoms with van der Waals surface area (Å²) in [6, 6.07) is 7.85. The largest absolute Gasteiger partial charge is 0.476 e. The van der Waals surface area contributed by atoms with Crippen molar-refractivity contribution in [1.29, 1.82) is 0 Å². The van der Waals surface area contributed by atoms with E-state index in [-0.39, 0.29) is 13.0 Å². The minimum atomic E-state index is 0.0887. The Morgan fingerprint density at radius 1 is 1.33 bits per heavy atom. The summed E-state index contributed by atoms with van der Waals surface area (Å²) in [6.07, 6.45) is 5.75. The summed E-state index contributed by atoms with van der Waals surface area (Å²) in [5.74, 6) is 0. The number of ether oxygens (including phenoxy) is 2. The van der Waals surface area contributed by atoms with Crippen molar-refractivity contribution in [2.75, 3.05) is 19.9 Å². The van der Waals surface area contributed by atoms with E-state index < -0.39 is 0 Å². The van der Waals surface area contributed by atoms with Gasteiger partial charge in [-0.1, -0.05) is 6.58 Å². The van der Waals surface area contributed by atoms with Crippen molar-refractivity contribution in [2.24, 2.45) is 0 Å². The maximum absolute atomic E-state index is 10.8. The molecular weight excluding hydrogens is 266 g/mol. The smallest absolute Gasteiger partial charge is 0.201 e. The number of benzene rings is 1. The van der Waals surface area contributed by atoms with Gasteiger partial charge >= 0.3 is 0 Å².